The van der Waals surface area contributed by atoms with Gasteiger partial charge in [-0.2, -0.15) is 0 Å². The number of carbonyl (C=O) groups is 1. The van der Waals surface area contributed by atoms with Crippen molar-refractivity contribution in [3.63, 3.8) is 0 Å². The number of anilines is 2. The maximum atomic E-state index is 10.6. The standard InChI is InChI=1S/C14H13NO2/c16-10-12-7-8-14(17-12)15-9-3-5-11-4-1-2-6-13(11)15/h1-2,4,6-8,10H,3,5,9H2. The van der Waals surface area contributed by atoms with E-state index in [1.54, 1.807) is 6.07 Å². The maximum Gasteiger partial charge on any atom is 0.200 e. The molecule has 0 spiro atoms. The van der Waals surface area contributed by atoms with E-state index in [0.29, 0.717) is 5.76 Å². The van der Waals surface area contributed by atoms with Crippen molar-refractivity contribution in [1.82, 2.24) is 0 Å². The molecule has 0 N–H and O–H groups in total. The lowest BCUT2D eigenvalue weighted by atomic mass is 10.0. The van der Waals surface area contributed by atoms with Gasteiger partial charge in [0.25, 0.3) is 0 Å². The second kappa shape index (κ2) is 4.09. The van der Waals surface area contributed by atoms with Crippen LogP contribution < -0.4 is 4.90 Å². The predicted molar refractivity (Wildman–Crippen MR) is 65.9 cm³/mol. The van der Waals surface area contributed by atoms with Crippen molar-refractivity contribution < 1.29 is 9.21 Å². The lowest BCUT2D eigenvalue weighted by Crippen LogP contribution is -2.23. The molecule has 3 nitrogen and oxygen atoms in total. The number of para-hydroxylation sites is 1. The van der Waals surface area contributed by atoms with E-state index in [1.165, 1.54) is 11.3 Å². The van der Waals surface area contributed by atoms with E-state index in [1.807, 2.05) is 12.1 Å². The fourth-order valence-corrected chi connectivity index (χ4v) is 2.31. The Hall–Kier alpha value is -2.03. The van der Waals surface area contributed by atoms with Crippen molar-refractivity contribution in [3.8, 4) is 0 Å². The monoisotopic (exact) mass is 227 g/mol. The molecular weight excluding hydrogens is 214 g/mol. The van der Waals surface area contributed by atoms with E-state index in [4.69, 9.17) is 4.42 Å². The summed E-state index contributed by atoms with van der Waals surface area (Å²) in [6.07, 6.45) is 2.95. The number of benzene rings is 1. The normalized spacial score (nSPS) is 14.5. The number of carbonyl (C=O) groups excluding carboxylic acids is 1. The van der Waals surface area contributed by atoms with E-state index in [9.17, 15) is 4.79 Å². The average Bonchev–Trinajstić information content (AvgIpc) is 2.87. The van der Waals surface area contributed by atoms with Crippen LogP contribution in [0.2, 0.25) is 0 Å². The minimum Gasteiger partial charge on any atom is -0.437 e. The smallest absolute Gasteiger partial charge is 0.200 e. The van der Waals surface area contributed by atoms with E-state index in [-0.39, 0.29) is 0 Å². The summed E-state index contributed by atoms with van der Waals surface area (Å²) < 4.78 is 5.49. The van der Waals surface area contributed by atoms with Gasteiger partial charge in [0, 0.05) is 18.3 Å². The van der Waals surface area contributed by atoms with Crippen LogP contribution in [0.5, 0.6) is 0 Å². The maximum absolute atomic E-state index is 10.6. The second-order valence-electron chi connectivity index (χ2n) is 4.18. The molecular formula is C14H13NO2. The van der Waals surface area contributed by atoms with Crippen molar-refractivity contribution in [2.45, 2.75) is 12.8 Å². The van der Waals surface area contributed by atoms with Crippen molar-refractivity contribution in [2.75, 3.05) is 11.4 Å². The van der Waals surface area contributed by atoms with Crippen LogP contribution >= 0.6 is 0 Å². The predicted octanol–water partition coefficient (Wildman–Crippen LogP) is 3.18. The Bertz CT molecular complexity index is 545. The van der Waals surface area contributed by atoms with E-state index < -0.39 is 0 Å². The molecule has 0 aliphatic carbocycles. The number of hydrogen-bond donors (Lipinski definition) is 0. The summed E-state index contributed by atoms with van der Waals surface area (Å²) in [5, 5.41) is 0. The van der Waals surface area contributed by atoms with E-state index >= 15 is 0 Å². The lowest BCUT2D eigenvalue weighted by molar-refractivity contribution is 0.110. The Morgan fingerprint density at radius 2 is 2.06 bits per heavy atom. The third-order valence-corrected chi connectivity index (χ3v) is 3.11. The Kier molecular flexibility index (Phi) is 2.44. The zero-order chi connectivity index (χ0) is 11.7. The molecule has 0 atom stereocenters. The van der Waals surface area contributed by atoms with Crippen LogP contribution in [0.4, 0.5) is 11.6 Å². The molecule has 3 rings (SSSR count). The quantitative estimate of drug-likeness (QED) is 0.739. The first-order chi connectivity index (χ1) is 8.38. The van der Waals surface area contributed by atoms with Crippen LogP contribution in [-0.2, 0) is 6.42 Å². The molecule has 86 valence electrons. The topological polar surface area (TPSA) is 33.5 Å². The summed E-state index contributed by atoms with van der Waals surface area (Å²) in [7, 11) is 0. The summed E-state index contributed by atoms with van der Waals surface area (Å²) in [6, 6.07) is 11.9. The first-order valence-corrected chi connectivity index (χ1v) is 5.79. The minimum absolute atomic E-state index is 0.378. The number of nitrogens with zero attached hydrogens (tertiary/aromatic N) is 1. The lowest BCUT2D eigenvalue weighted by Gasteiger charge is -2.28. The van der Waals surface area contributed by atoms with Crippen molar-refractivity contribution in [2.24, 2.45) is 0 Å². The third-order valence-electron chi connectivity index (χ3n) is 3.11. The fourth-order valence-electron chi connectivity index (χ4n) is 2.31. The van der Waals surface area contributed by atoms with Gasteiger partial charge in [0.05, 0.1) is 0 Å². The van der Waals surface area contributed by atoms with Crippen LogP contribution in [0.1, 0.15) is 22.5 Å². The zero-order valence-corrected chi connectivity index (χ0v) is 9.43. The van der Waals surface area contributed by atoms with Crippen molar-refractivity contribution in [1.29, 1.82) is 0 Å². The molecule has 0 amide bonds. The molecule has 3 heteroatoms. The number of hydrogen-bond acceptors (Lipinski definition) is 3. The average molecular weight is 227 g/mol. The molecule has 17 heavy (non-hydrogen) atoms. The first-order valence-electron chi connectivity index (χ1n) is 5.79. The highest BCUT2D eigenvalue weighted by molar-refractivity contribution is 5.73. The molecule has 2 aromatic rings. The molecule has 0 radical (unpaired) electrons. The molecule has 1 aliphatic rings. The zero-order valence-electron chi connectivity index (χ0n) is 9.43. The molecule has 0 saturated carbocycles. The number of fused-ring (bicyclic) bond motifs is 1. The summed E-state index contributed by atoms with van der Waals surface area (Å²) in [6.45, 7) is 0.933. The molecule has 0 fully saturated rings. The Morgan fingerprint density at radius 3 is 2.88 bits per heavy atom. The van der Waals surface area contributed by atoms with Crippen LogP contribution in [0.3, 0.4) is 0 Å². The van der Waals surface area contributed by atoms with Crippen LogP contribution in [0.15, 0.2) is 40.8 Å². The van der Waals surface area contributed by atoms with Gasteiger partial charge in [-0.3, -0.25) is 4.79 Å². The molecule has 1 aromatic heterocycles. The van der Waals surface area contributed by atoms with Gasteiger partial charge in [-0.25, -0.2) is 0 Å². The van der Waals surface area contributed by atoms with Gasteiger partial charge in [0.2, 0.25) is 5.88 Å². The highest BCUT2D eigenvalue weighted by atomic mass is 16.4. The molecule has 0 bridgehead atoms. The summed E-state index contributed by atoms with van der Waals surface area (Å²) in [4.78, 5) is 12.8. The highest BCUT2D eigenvalue weighted by Crippen LogP contribution is 2.33. The van der Waals surface area contributed by atoms with E-state index in [2.05, 4.69) is 23.1 Å². The Balaban J connectivity index is 2.02. The minimum atomic E-state index is 0.378. The van der Waals surface area contributed by atoms with Gasteiger partial charge < -0.3 is 9.32 Å². The fraction of sp³-hybridized carbons (Fsp3) is 0.214. The van der Waals surface area contributed by atoms with Gasteiger partial charge in [-0.15, -0.1) is 0 Å². The summed E-state index contributed by atoms with van der Waals surface area (Å²) in [5.74, 6) is 1.13. The third kappa shape index (κ3) is 1.73. The van der Waals surface area contributed by atoms with Crippen LogP contribution in [-0.4, -0.2) is 12.8 Å². The summed E-state index contributed by atoms with van der Waals surface area (Å²) in [5.41, 5.74) is 2.52. The van der Waals surface area contributed by atoms with Gasteiger partial charge >= 0.3 is 0 Å². The summed E-state index contributed by atoms with van der Waals surface area (Å²) >= 11 is 0. The Morgan fingerprint density at radius 1 is 1.18 bits per heavy atom. The molecule has 1 aromatic carbocycles. The van der Waals surface area contributed by atoms with E-state index in [0.717, 1.165) is 31.6 Å². The molecule has 0 saturated heterocycles. The van der Waals surface area contributed by atoms with Crippen molar-refractivity contribution in [3.05, 3.63) is 47.7 Å². The molecule has 0 unspecified atom stereocenters. The van der Waals surface area contributed by atoms with Gasteiger partial charge in [-0.1, -0.05) is 18.2 Å². The SMILES string of the molecule is O=Cc1ccc(N2CCCc3ccccc32)o1. The van der Waals surface area contributed by atoms with Gasteiger partial charge in [-0.05, 0) is 30.5 Å². The number of aldehydes is 1. The number of aryl methyl sites for hydroxylation is 1. The van der Waals surface area contributed by atoms with Gasteiger partial charge in [0.15, 0.2) is 12.0 Å². The number of rotatable bonds is 2. The first kappa shape index (κ1) is 10.1. The van der Waals surface area contributed by atoms with Crippen molar-refractivity contribution >= 4 is 17.9 Å². The van der Waals surface area contributed by atoms with Crippen LogP contribution in [0, 0.1) is 0 Å². The molecule has 1 aliphatic heterocycles. The molecule has 2 heterocycles. The van der Waals surface area contributed by atoms with Gasteiger partial charge in [0.1, 0.15) is 0 Å². The number of furan rings is 1. The Labute approximate surface area is 99.7 Å². The second-order valence-corrected chi connectivity index (χ2v) is 4.18. The largest absolute Gasteiger partial charge is 0.437 e. The van der Waals surface area contributed by atoms with Crippen LogP contribution in [0.25, 0.3) is 0 Å². The highest BCUT2D eigenvalue weighted by Gasteiger charge is 2.19.